The van der Waals surface area contributed by atoms with Crippen LogP contribution >= 0.6 is 0 Å². The Labute approximate surface area is 181 Å². The van der Waals surface area contributed by atoms with Gasteiger partial charge in [0.15, 0.2) is 0 Å². The zero-order chi connectivity index (χ0) is 22.3. The molecule has 2 amide bonds. The monoisotopic (exact) mass is 427 g/mol. The Morgan fingerprint density at radius 2 is 1.97 bits per heavy atom. The number of carbonyl (C=O) groups is 3. The number of hydrogen-bond donors (Lipinski definition) is 3. The van der Waals surface area contributed by atoms with E-state index < -0.39 is 5.54 Å². The predicted octanol–water partition coefficient (Wildman–Crippen LogP) is 2.86. The second kappa shape index (κ2) is 10.3. The van der Waals surface area contributed by atoms with E-state index in [1.165, 1.54) is 7.11 Å². The molecule has 1 saturated carbocycles. The van der Waals surface area contributed by atoms with Crippen LogP contribution in [-0.2, 0) is 20.9 Å². The van der Waals surface area contributed by atoms with Crippen molar-refractivity contribution in [2.75, 3.05) is 19.0 Å². The molecule has 1 aliphatic carbocycles. The summed E-state index contributed by atoms with van der Waals surface area (Å²) >= 11 is 0. The molecule has 166 valence electrons. The fraction of sp³-hybridized carbons (Fsp3) is 0.435. The van der Waals surface area contributed by atoms with Crippen LogP contribution in [0.3, 0.4) is 0 Å². The van der Waals surface area contributed by atoms with Gasteiger partial charge in [0.2, 0.25) is 5.91 Å². The van der Waals surface area contributed by atoms with Crippen molar-refractivity contribution in [3.63, 3.8) is 0 Å². The van der Waals surface area contributed by atoms with Gasteiger partial charge in [-0.25, -0.2) is 0 Å². The van der Waals surface area contributed by atoms with Crippen molar-refractivity contribution in [2.24, 2.45) is 5.92 Å². The third-order valence-corrected chi connectivity index (χ3v) is 5.80. The number of amides is 2. The SMILES string of the molecule is COC(=O)[C@H]1CCCC[C@]1(C)NCC(=O)Nc1ccccc1C(=O)NCc1ccco1. The van der Waals surface area contributed by atoms with Gasteiger partial charge in [0.05, 0.1) is 43.6 Å². The van der Waals surface area contributed by atoms with E-state index in [1.54, 1.807) is 42.7 Å². The Hall–Kier alpha value is -3.13. The summed E-state index contributed by atoms with van der Waals surface area (Å²) in [6, 6.07) is 10.3. The lowest BCUT2D eigenvalue weighted by molar-refractivity contribution is -0.150. The van der Waals surface area contributed by atoms with E-state index in [9.17, 15) is 14.4 Å². The molecule has 31 heavy (non-hydrogen) atoms. The van der Waals surface area contributed by atoms with Gasteiger partial charge in [0.25, 0.3) is 5.91 Å². The molecule has 8 nitrogen and oxygen atoms in total. The summed E-state index contributed by atoms with van der Waals surface area (Å²) in [5.41, 5.74) is 0.270. The number of methoxy groups -OCH3 is 1. The highest BCUT2D eigenvalue weighted by atomic mass is 16.5. The van der Waals surface area contributed by atoms with Crippen LogP contribution in [0.15, 0.2) is 47.1 Å². The number of benzene rings is 1. The van der Waals surface area contributed by atoms with Crippen LogP contribution < -0.4 is 16.0 Å². The molecule has 1 aliphatic rings. The minimum Gasteiger partial charge on any atom is -0.469 e. The number of esters is 1. The zero-order valence-electron chi connectivity index (χ0n) is 17.9. The maximum atomic E-state index is 12.6. The molecule has 0 unspecified atom stereocenters. The lowest BCUT2D eigenvalue weighted by Gasteiger charge is -2.40. The molecule has 1 aromatic heterocycles. The lowest BCUT2D eigenvalue weighted by Crippen LogP contribution is -2.55. The van der Waals surface area contributed by atoms with Crippen molar-refractivity contribution in [3.8, 4) is 0 Å². The summed E-state index contributed by atoms with van der Waals surface area (Å²) in [5, 5.41) is 8.83. The van der Waals surface area contributed by atoms with Gasteiger partial charge in [-0.2, -0.15) is 0 Å². The Morgan fingerprint density at radius 1 is 1.16 bits per heavy atom. The van der Waals surface area contributed by atoms with Gasteiger partial charge in [-0.3, -0.25) is 14.4 Å². The van der Waals surface area contributed by atoms with E-state index in [1.807, 2.05) is 6.92 Å². The Balaban J connectivity index is 1.60. The van der Waals surface area contributed by atoms with E-state index in [2.05, 4.69) is 16.0 Å². The van der Waals surface area contributed by atoms with Crippen LogP contribution in [0.25, 0.3) is 0 Å². The average Bonchev–Trinajstić information content (AvgIpc) is 3.30. The van der Waals surface area contributed by atoms with Gasteiger partial charge < -0.3 is 25.1 Å². The summed E-state index contributed by atoms with van der Waals surface area (Å²) in [6.07, 6.45) is 5.00. The molecule has 3 rings (SSSR count). The first-order chi connectivity index (χ1) is 14.9. The Bertz CT molecular complexity index is 912. The predicted molar refractivity (Wildman–Crippen MR) is 115 cm³/mol. The minimum absolute atomic E-state index is 0.0202. The molecule has 3 N–H and O–H groups in total. The van der Waals surface area contributed by atoms with Crippen LogP contribution in [0.1, 0.15) is 48.7 Å². The van der Waals surface area contributed by atoms with Gasteiger partial charge in [-0.15, -0.1) is 0 Å². The van der Waals surface area contributed by atoms with Gasteiger partial charge in [-0.05, 0) is 44.0 Å². The highest BCUT2D eigenvalue weighted by molar-refractivity contribution is 6.04. The number of hydrogen-bond acceptors (Lipinski definition) is 6. The first-order valence-electron chi connectivity index (χ1n) is 10.5. The topological polar surface area (TPSA) is 110 Å². The molecule has 1 aromatic carbocycles. The van der Waals surface area contributed by atoms with Crippen molar-refractivity contribution in [1.82, 2.24) is 10.6 Å². The fourth-order valence-electron chi connectivity index (χ4n) is 4.01. The van der Waals surface area contributed by atoms with Crippen LogP contribution in [0, 0.1) is 5.92 Å². The maximum absolute atomic E-state index is 12.6. The Kier molecular flexibility index (Phi) is 7.46. The highest BCUT2D eigenvalue weighted by Crippen LogP contribution is 2.34. The van der Waals surface area contributed by atoms with Gasteiger partial charge in [0.1, 0.15) is 5.76 Å². The van der Waals surface area contributed by atoms with Crippen LogP contribution in [-0.4, -0.2) is 37.0 Å². The number of carbonyl (C=O) groups excluding carboxylic acids is 3. The van der Waals surface area contributed by atoms with Crippen molar-refractivity contribution in [2.45, 2.75) is 44.7 Å². The fourth-order valence-corrected chi connectivity index (χ4v) is 4.01. The maximum Gasteiger partial charge on any atom is 0.310 e. The van der Waals surface area contributed by atoms with Crippen LogP contribution in [0.2, 0.25) is 0 Å². The van der Waals surface area contributed by atoms with E-state index in [-0.39, 0.29) is 36.8 Å². The molecule has 1 fully saturated rings. The first-order valence-corrected chi connectivity index (χ1v) is 10.5. The normalized spacial score (nSPS) is 20.6. The first kappa shape index (κ1) is 22.6. The molecule has 2 aromatic rings. The number of ether oxygens (including phenoxy) is 1. The van der Waals surface area contributed by atoms with E-state index in [4.69, 9.17) is 9.15 Å². The molecule has 1 heterocycles. The van der Waals surface area contributed by atoms with Crippen LogP contribution in [0.4, 0.5) is 5.69 Å². The standard InChI is InChI=1S/C23H29N3O5/c1-23(12-6-5-10-18(23)22(29)30-2)25-15-20(27)26-19-11-4-3-9-17(19)21(28)24-14-16-8-7-13-31-16/h3-4,7-9,11,13,18,25H,5-6,10,12,14-15H2,1-2H3,(H,24,28)(H,26,27)/t18-,23+/m1/s1. The van der Waals surface area contributed by atoms with Gasteiger partial charge >= 0.3 is 5.97 Å². The van der Waals surface area contributed by atoms with E-state index in [0.717, 1.165) is 25.7 Å². The number of anilines is 1. The molecule has 0 spiro atoms. The molecule has 0 bridgehead atoms. The van der Waals surface area contributed by atoms with E-state index in [0.29, 0.717) is 17.0 Å². The smallest absolute Gasteiger partial charge is 0.310 e. The third kappa shape index (κ3) is 5.73. The van der Waals surface area contributed by atoms with Crippen molar-refractivity contribution >= 4 is 23.5 Å². The molecule has 0 radical (unpaired) electrons. The average molecular weight is 428 g/mol. The molecular formula is C23H29N3O5. The number of rotatable bonds is 8. The number of nitrogens with one attached hydrogen (secondary N) is 3. The molecule has 2 atom stereocenters. The summed E-state index contributed by atoms with van der Waals surface area (Å²) in [5.74, 6) is -0.515. The van der Waals surface area contributed by atoms with Gasteiger partial charge in [-0.1, -0.05) is 25.0 Å². The quantitative estimate of drug-likeness (QED) is 0.559. The van der Waals surface area contributed by atoms with E-state index >= 15 is 0 Å². The summed E-state index contributed by atoms with van der Waals surface area (Å²) in [6.45, 7) is 2.23. The number of para-hydroxylation sites is 1. The Morgan fingerprint density at radius 3 is 2.71 bits per heavy atom. The van der Waals surface area contributed by atoms with Crippen molar-refractivity contribution in [3.05, 3.63) is 54.0 Å². The number of furan rings is 1. The summed E-state index contributed by atoms with van der Waals surface area (Å²) in [7, 11) is 1.39. The van der Waals surface area contributed by atoms with Crippen molar-refractivity contribution < 1.29 is 23.5 Å². The highest BCUT2D eigenvalue weighted by Gasteiger charge is 2.41. The third-order valence-electron chi connectivity index (χ3n) is 5.80. The molecular weight excluding hydrogens is 398 g/mol. The second-order valence-corrected chi connectivity index (χ2v) is 7.95. The lowest BCUT2D eigenvalue weighted by atomic mass is 9.74. The zero-order valence-corrected chi connectivity index (χ0v) is 17.9. The molecule has 8 heteroatoms. The van der Waals surface area contributed by atoms with Gasteiger partial charge in [0, 0.05) is 5.54 Å². The summed E-state index contributed by atoms with van der Waals surface area (Å²) in [4.78, 5) is 37.4. The molecule has 0 aliphatic heterocycles. The second-order valence-electron chi connectivity index (χ2n) is 7.95. The summed E-state index contributed by atoms with van der Waals surface area (Å²) < 4.78 is 10.2. The van der Waals surface area contributed by atoms with Crippen LogP contribution in [0.5, 0.6) is 0 Å². The van der Waals surface area contributed by atoms with Crippen molar-refractivity contribution in [1.29, 1.82) is 0 Å². The molecule has 0 saturated heterocycles. The largest absolute Gasteiger partial charge is 0.469 e. The minimum atomic E-state index is -0.511.